The molecule has 0 rings (SSSR count). The molecule has 0 unspecified atom stereocenters. The average molecular weight is 1150 g/mol. The SMILES string of the molecule is F.F.F.F.F.F.F.F.F.F.F.F.F.F.F.F.F.F.F.F.OF.OF.OF.OF.OF.OF.OF.OF.OF.OF.[NH4+].[NH4+].[NH4+].[NH4+].[O]=[Ti].[O]=[Ti].[O]=[Ti].[O]=[Ti].[O]=[Ti]. The van der Waals surface area contributed by atoms with Crippen LogP contribution in [-0.4, -0.2) is 53.1 Å². The first-order valence-electron chi connectivity index (χ1n) is 2.71. The van der Waals surface area contributed by atoms with E-state index in [1.165, 1.54) is 0 Å². The van der Waals surface area contributed by atoms with Crippen LogP contribution in [0.1, 0.15) is 0 Å². The molecule has 0 aliphatic carbocycles. The summed E-state index contributed by atoms with van der Waals surface area (Å²) in [5, 5.41) is 55.0. The van der Waals surface area contributed by atoms with Gasteiger partial charge in [0.1, 0.15) is 0 Å². The van der Waals surface area contributed by atoms with E-state index < -0.39 is 0 Å². The molecule has 0 aromatic carbocycles. The Morgan fingerprint density at radius 3 is 0.148 bits per heavy atom. The van der Waals surface area contributed by atoms with Crippen LogP contribution in [0.4, 0.5) is 139 Å². The van der Waals surface area contributed by atoms with Crippen molar-refractivity contribution < 1.29 is 311 Å². The molecular formula is H46F30N4O15Ti5+4. The zero-order chi connectivity index (χ0) is 30.0. The van der Waals surface area contributed by atoms with Gasteiger partial charge in [-0.3, -0.25) is 94.1 Å². The molecule has 0 spiro atoms. The summed E-state index contributed by atoms with van der Waals surface area (Å²) in [6.07, 6.45) is 0. The summed E-state index contributed by atoms with van der Waals surface area (Å²) in [7, 11) is 0. The third-order valence-corrected chi connectivity index (χ3v) is 0. The van der Waals surface area contributed by atoms with Gasteiger partial charge in [-0.1, -0.05) is 45.3 Å². The Balaban J connectivity index is -0.00000000117. The first kappa shape index (κ1) is 679. The van der Waals surface area contributed by atoms with E-state index in [0.717, 1.165) is 102 Å². The van der Waals surface area contributed by atoms with Crippen molar-refractivity contribution in [2.75, 3.05) is 0 Å². The van der Waals surface area contributed by atoms with Gasteiger partial charge in [0, 0.05) is 0 Å². The molecule has 54 heteroatoms. The van der Waals surface area contributed by atoms with E-state index in [-0.39, 0.29) is 119 Å². The van der Waals surface area contributed by atoms with Gasteiger partial charge < -0.3 is 24.6 Å². The predicted molar refractivity (Wildman–Crippen MR) is 111 cm³/mol. The van der Waals surface area contributed by atoms with Crippen molar-refractivity contribution in [1.82, 2.24) is 24.6 Å². The molecule has 0 aromatic rings. The second-order valence-electron chi connectivity index (χ2n) is 0. The van der Waals surface area contributed by atoms with Gasteiger partial charge in [0.15, 0.2) is 0 Å². The third-order valence-electron chi connectivity index (χ3n) is 0. The van der Waals surface area contributed by atoms with Gasteiger partial charge in [0.05, 0.1) is 0 Å². The molecule has 0 atom stereocenters. The Bertz CT molecular complexity index is 97.0. The molecule has 19 nitrogen and oxygen atoms in total. The molecule has 0 aliphatic heterocycles. The molecule has 0 amide bonds. The summed E-state index contributed by atoms with van der Waals surface area (Å²) in [6.45, 7) is 0. The summed E-state index contributed by atoms with van der Waals surface area (Å²) in [6, 6.07) is 0. The van der Waals surface area contributed by atoms with Crippen molar-refractivity contribution in [2.24, 2.45) is 0 Å². The molecule has 382 valence electrons. The van der Waals surface area contributed by atoms with Gasteiger partial charge >= 0.3 is 119 Å². The van der Waals surface area contributed by atoms with Crippen LogP contribution in [0.2, 0.25) is 0 Å². The van der Waals surface area contributed by atoms with Crippen molar-refractivity contribution in [3.8, 4) is 0 Å². The normalized spacial score (nSPS) is 1.39. The fourth-order valence-corrected chi connectivity index (χ4v) is 0. The van der Waals surface area contributed by atoms with Crippen LogP contribution in [0.3, 0.4) is 0 Å². The van der Waals surface area contributed by atoms with E-state index in [1.807, 2.05) is 0 Å². The van der Waals surface area contributed by atoms with E-state index in [2.05, 4.69) is 0 Å². The quantitative estimate of drug-likeness (QED) is 0.122. The summed E-state index contributed by atoms with van der Waals surface area (Å²) >= 11 is 3.75. The summed E-state index contributed by atoms with van der Waals surface area (Å²) < 4.78 is 126. The number of quaternary nitrogens is 4. The molecule has 0 bridgehead atoms. The molecule has 0 saturated carbocycles. The minimum atomic E-state index is 0. The molecule has 26 N–H and O–H groups in total. The number of hydrogen-bond acceptors (Lipinski definition) is 15. The first-order valence-corrected chi connectivity index (χ1v) is 5.90. The first-order chi connectivity index (χ1) is 15.0. The van der Waals surface area contributed by atoms with E-state index in [1.54, 1.807) is 0 Å². The van der Waals surface area contributed by atoms with Gasteiger partial charge in [-0.05, 0) is 0 Å². The average Bonchev–Trinajstić information content (AvgIpc) is 3.00. The second-order valence-corrected chi connectivity index (χ2v) is 0. The van der Waals surface area contributed by atoms with Gasteiger partial charge in [0.25, 0.3) is 0 Å². The van der Waals surface area contributed by atoms with Crippen molar-refractivity contribution in [3.63, 3.8) is 0 Å². The molecule has 0 saturated heterocycles. The molecule has 0 radical (unpaired) electrons. The number of rotatable bonds is 0. The van der Waals surface area contributed by atoms with Crippen molar-refractivity contribution in [1.29, 1.82) is 0 Å². The third kappa shape index (κ3) is 17200000. The van der Waals surface area contributed by atoms with Crippen LogP contribution >= 0.6 is 0 Å². The van der Waals surface area contributed by atoms with Gasteiger partial charge in [-0.25, -0.2) is 53.1 Å². The van der Waals surface area contributed by atoms with E-state index >= 15 is 0 Å². The Morgan fingerprint density at radius 1 is 0.148 bits per heavy atom. The van der Waals surface area contributed by atoms with Crippen LogP contribution in [-0.2, 0) is 119 Å². The Hall–Kier alpha value is -0.0886. The van der Waals surface area contributed by atoms with E-state index in [9.17, 15) is 0 Å². The van der Waals surface area contributed by atoms with Crippen LogP contribution in [0.5, 0.6) is 0 Å². The number of hydrogen-bond donors (Lipinski definition) is 14. The Kier molecular flexibility index (Phi) is 228000000. The monoisotopic (exact) mass is 1150 g/mol. The topological polar surface area (TPSA) is 434 Å². The molecule has 0 heterocycles. The Labute approximate surface area is 334 Å². The van der Waals surface area contributed by atoms with Crippen LogP contribution in [0.25, 0.3) is 0 Å². The van der Waals surface area contributed by atoms with Gasteiger partial charge in [-0.15, -0.1) is 0 Å². The fraction of sp³-hybridized carbons (Fsp3) is 0. The molecule has 0 aliphatic rings. The maximum atomic E-state index is 8.50. The standard InChI is InChI=1S/10FHO.20FH.4H3N.5O.5Ti/c10*1-2;;;;;;;;;;;;;;;;;;;;;;;;;;;;;;;;;;/h10*2H;20*1H;4*1H3;;;;;;;;;;/p+4. The molecule has 0 fully saturated rings. The van der Waals surface area contributed by atoms with Gasteiger partial charge in [0.2, 0.25) is 0 Å². The van der Waals surface area contributed by atoms with Crippen LogP contribution in [0.15, 0.2) is 0 Å². The second kappa shape index (κ2) is 18200000. The summed E-state index contributed by atoms with van der Waals surface area (Å²) in [5.74, 6) is 0. The predicted octanol–water partition coefficient (Wildman–Crippen LogP) is 2.58. The zero-order valence-electron chi connectivity index (χ0n) is 25.0. The summed E-state index contributed by atoms with van der Waals surface area (Å²) in [4.78, 5) is 0. The number of halogens is 30. The zero-order valence-corrected chi connectivity index (χ0v) is 32.8. The van der Waals surface area contributed by atoms with Crippen molar-refractivity contribution in [2.45, 2.75) is 0 Å². The summed E-state index contributed by atoms with van der Waals surface area (Å²) in [5.41, 5.74) is 0. The minimum absolute atomic E-state index is 0. The van der Waals surface area contributed by atoms with Gasteiger partial charge in [-0.2, -0.15) is 0 Å². The van der Waals surface area contributed by atoms with Crippen LogP contribution < -0.4 is 24.6 Å². The maximum absolute atomic E-state index is 8.50. The Morgan fingerprint density at radius 2 is 0.148 bits per heavy atom. The van der Waals surface area contributed by atoms with E-state index in [4.69, 9.17) is 115 Å². The van der Waals surface area contributed by atoms with Crippen molar-refractivity contribution in [3.05, 3.63) is 0 Å². The van der Waals surface area contributed by atoms with Crippen LogP contribution in [0, 0.1) is 0 Å². The molecular weight excluding hydrogens is 1110 g/mol. The molecule has 0 aromatic heterocycles. The fourth-order valence-electron chi connectivity index (χ4n) is 0. The van der Waals surface area contributed by atoms with Crippen molar-refractivity contribution >= 4 is 0 Å². The molecule has 54 heavy (non-hydrogen) atoms. The van der Waals surface area contributed by atoms with E-state index in [0.29, 0.717) is 0 Å².